The minimum Gasteiger partial charge on any atom is -0.484 e. The Kier molecular flexibility index (Phi) is 7.99. The average Bonchev–Trinajstić information content (AvgIpc) is 2.82. The van der Waals surface area contributed by atoms with E-state index in [1.54, 1.807) is 72.8 Å². The van der Waals surface area contributed by atoms with E-state index in [9.17, 15) is 18.0 Å². The fraction of sp³-hybridized carbons (Fsp3) is 0.125. The molecule has 2 amide bonds. The number of carbonyl (C=O) groups is 2. The largest absolute Gasteiger partial charge is 0.484 e. The SMILES string of the molecule is CS(=O)(=O)N(Cc1ccc(C(=O)N/N=C\c2ccc(OCC(N)=O)cc2)cc1)c1ccccc1. The van der Waals surface area contributed by atoms with Gasteiger partial charge in [-0.15, -0.1) is 0 Å². The highest BCUT2D eigenvalue weighted by Gasteiger charge is 2.17. The summed E-state index contributed by atoms with van der Waals surface area (Å²) in [6, 6.07) is 22.1. The first kappa shape index (κ1) is 24.5. The number of carbonyl (C=O) groups excluding carboxylic acids is 2. The number of para-hydroxylation sites is 1. The predicted octanol–water partition coefficient (Wildman–Crippen LogP) is 2.28. The predicted molar refractivity (Wildman–Crippen MR) is 130 cm³/mol. The number of hydrogen-bond acceptors (Lipinski definition) is 6. The van der Waals surface area contributed by atoms with Gasteiger partial charge in [0.1, 0.15) is 5.75 Å². The van der Waals surface area contributed by atoms with Gasteiger partial charge >= 0.3 is 0 Å². The molecule has 0 saturated carbocycles. The molecule has 0 saturated heterocycles. The summed E-state index contributed by atoms with van der Waals surface area (Å²) in [6.07, 6.45) is 2.62. The lowest BCUT2D eigenvalue weighted by Crippen LogP contribution is -2.29. The highest BCUT2D eigenvalue weighted by atomic mass is 32.2. The third-order valence-corrected chi connectivity index (χ3v) is 5.77. The highest BCUT2D eigenvalue weighted by molar-refractivity contribution is 7.92. The van der Waals surface area contributed by atoms with E-state index >= 15 is 0 Å². The lowest BCUT2D eigenvalue weighted by Gasteiger charge is -2.22. The van der Waals surface area contributed by atoms with Gasteiger partial charge in [-0.2, -0.15) is 5.10 Å². The molecule has 0 atom stereocenters. The molecule has 0 aliphatic heterocycles. The first-order chi connectivity index (χ1) is 16.2. The van der Waals surface area contributed by atoms with Gasteiger partial charge in [0.05, 0.1) is 24.7 Å². The number of nitrogens with one attached hydrogen (secondary N) is 1. The number of benzene rings is 3. The number of sulfonamides is 1. The topological polar surface area (TPSA) is 131 Å². The van der Waals surface area contributed by atoms with Crippen LogP contribution in [0, 0.1) is 0 Å². The maximum Gasteiger partial charge on any atom is 0.271 e. The molecule has 3 N–H and O–H groups in total. The van der Waals surface area contributed by atoms with Crippen molar-refractivity contribution in [2.75, 3.05) is 17.2 Å². The van der Waals surface area contributed by atoms with E-state index in [0.717, 1.165) is 11.8 Å². The molecule has 3 rings (SSSR count). The van der Waals surface area contributed by atoms with E-state index in [2.05, 4.69) is 10.5 Å². The van der Waals surface area contributed by atoms with Gasteiger partial charge in [-0.3, -0.25) is 13.9 Å². The van der Waals surface area contributed by atoms with Crippen molar-refractivity contribution < 1.29 is 22.7 Å². The second kappa shape index (κ2) is 11.1. The Labute approximate surface area is 197 Å². The molecule has 0 radical (unpaired) electrons. The molecule has 0 unspecified atom stereocenters. The Morgan fingerprint density at radius 1 is 1.00 bits per heavy atom. The second-order valence-corrected chi connectivity index (χ2v) is 9.23. The van der Waals surface area contributed by atoms with Gasteiger partial charge in [-0.25, -0.2) is 13.8 Å². The highest BCUT2D eigenvalue weighted by Crippen LogP contribution is 2.20. The van der Waals surface area contributed by atoms with Gasteiger partial charge in [0.15, 0.2) is 6.61 Å². The van der Waals surface area contributed by atoms with Crippen LogP contribution in [0.1, 0.15) is 21.5 Å². The molecule has 0 fully saturated rings. The molecule has 9 nitrogen and oxygen atoms in total. The minimum absolute atomic E-state index is 0.141. The van der Waals surface area contributed by atoms with E-state index in [4.69, 9.17) is 10.5 Å². The molecular formula is C24H24N4O5S. The van der Waals surface area contributed by atoms with Crippen LogP contribution in [0.2, 0.25) is 0 Å². The van der Waals surface area contributed by atoms with Crippen molar-refractivity contribution in [3.8, 4) is 5.75 Å². The van der Waals surface area contributed by atoms with Crippen molar-refractivity contribution in [2.24, 2.45) is 10.8 Å². The van der Waals surface area contributed by atoms with E-state index in [0.29, 0.717) is 22.6 Å². The second-order valence-electron chi connectivity index (χ2n) is 7.33. The summed E-state index contributed by atoms with van der Waals surface area (Å²) in [4.78, 5) is 23.1. The molecule has 0 aliphatic carbocycles. The molecule has 0 aliphatic rings. The molecule has 34 heavy (non-hydrogen) atoms. The van der Waals surface area contributed by atoms with Gasteiger partial charge in [0.2, 0.25) is 10.0 Å². The molecule has 10 heteroatoms. The van der Waals surface area contributed by atoms with Crippen LogP contribution in [0.4, 0.5) is 5.69 Å². The number of amides is 2. The van der Waals surface area contributed by atoms with Crippen molar-refractivity contribution in [1.29, 1.82) is 0 Å². The number of hydrogen-bond donors (Lipinski definition) is 2. The maximum atomic E-state index is 12.4. The fourth-order valence-corrected chi connectivity index (χ4v) is 3.84. The van der Waals surface area contributed by atoms with Crippen LogP contribution < -0.4 is 20.2 Å². The fourth-order valence-electron chi connectivity index (χ4n) is 2.96. The summed E-state index contributed by atoms with van der Waals surface area (Å²) in [6.45, 7) is -0.0666. The van der Waals surface area contributed by atoms with Crippen LogP contribution in [0.3, 0.4) is 0 Å². The van der Waals surface area contributed by atoms with Crippen molar-refractivity contribution in [3.63, 3.8) is 0 Å². The van der Waals surface area contributed by atoms with E-state index in [1.807, 2.05) is 6.07 Å². The van der Waals surface area contributed by atoms with Gasteiger partial charge in [-0.1, -0.05) is 30.3 Å². The third-order valence-electron chi connectivity index (χ3n) is 4.63. The zero-order chi connectivity index (χ0) is 24.6. The zero-order valence-corrected chi connectivity index (χ0v) is 19.2. The van der Waals surface area contributed by atoms with Gasteiger partial charge in [0.25, 0.3) is 11.8 Å². The smallest absolute Gasteiger partial charge is 0.271 e. The summed E-state index contributed by atoms with van der Waals surface area (Å²) < 4.78 is 31.0. The van der Waals surface area contributed by atoms with Crippen molar-refractivity contribution in [3.05, 3.63) is 95.6 Å². The average molecular weight is 481 g/mol. The van der Waals surface area contributed by atoms with Gasteiger partial charge < -0.3 is 10.5 Å². The quantitative estimate of drug-likeness (QED) is 0.340. The Bertz CT molecular complexity index is 1260. The lowest BCUT2D eigenvalue weighted by atomic mass is 10.1. The molecule has 0 bridgehead atoms. The summed E-state index contributed by atoms with van der Waals surface area (Å²) in [5, 5.41) is 3.94. The molecule has 3 aromatic carbocycles. The number of primary amides is 1. The summed E-state index contributed by atoms with van der Waals surface area (Å²) in [7, 11) is -3.48. The Morgan fingerprint density at radius 2 is 1.65 bits per heavy atom. The molecule has 0 aromatic heterocycles. The van der Waals surface area contributed by atoms with Crippen LogP contribution >= 0.6 is 0 Å². The van der Waals surface area contributed by atoms with Crippen LogP contribution in [0.15, 0.2) is 84.0 Å². The molecule has 176 valence electrons. The van der Waals surface area contributed by atoms with Crippen molar-refractivity contribution >= 4 is 33.7 Å². The number of rotatable bonds is 10. The number of nitrogens with two attached hydrogens (primary N) is 1. The normalized spacial score (nSPS) is 11.2. The van der Waals surface area contributed by atoms with Crippen molar-refractivity contribution in [1.82, 2.24) is 5.43 Å². The molecule has 0 heterocycles. The number of hydrazone groups is 1. The Hall–Kier alpha value is -4.18. The zero-order valence-electron chi connectivity index (χ0n) is 18.4. The van der Waals surface area contributed by atoms with Crippen molar-refractivity contribution in [2.45, 2.75) is 6.54 Å². The van der Waals surface area contributed by atoms with E-state index in [1.165, 1.54) is 10.5 Å². The van der Waals surface area contributed by atoms with Gasteiger partial charge in [-0.05, 0) is 59.7 Å². The van der Waals surface area contributed by atoms with Crippen LogP contribution in [-0.4, -0.2) is 39.3 Å². The molecule has 0 spiro atoms. The Morgan fingerprint density at radius 3 is 2.24 bits per heavy atom. The molecule has 3 aromatic rings. The first-order valence-electron chi connectivity index (χ1n) is 10.2. The maximum absolute atomic E-state index is 12.4. The number of ether oxygens (including phenoxy) is 1. The summed E-state index contributed by atoms with van der Waals surface area (Å²) >= 11 is 0. The molecular weight excluding hydrogens is 456 g/mol. The van der Waals surface area contributed by atoms with E-state index in [-0.39, 0.29) is 13.2 Å². The van der Waals surface area contributed by atoms with Crippen LogP contribution in [-0.2, 0) is 21.4 Å². The Balaban J connectivity index is 1.59. The number of nitrogens with zero attached hydrogens (tertiary/aromatic N) is 2. The third kappa shape index (κ3) is 7.17. The monoisotopic (exact) mass is 480 g/mol. The van der Waals surface area contributed by atoms with Gasteiger partial charge in [0, 0.05) is 5.56 Å². The first-order valence-corrected chi connectivity index (χ1v) is 12.0. The summed E-state index contributed by atoms with van der Waals surface area (Å²) in [5.74, 6) is -0.487. The summed E-state index contributed by atoms with van der Waals surface area (Å²) in [5.41, 5.74) is 9.86. The lowest BCUT2D eigenvalue weighted by molar-refractivity contribution is -0.119. The standard InChI is InChI=1S/C24H24N4O5S/c1-34(31,32)28(21-5-3-2-4-6-21)16-19-7-11-20(12-8-19)24(30)27-26-15-18-9-13-22(14-10-18)33-17-23(25)29/h2-15H,16-17H2,1H3,(H2,25,29)(H,27,30)/b26-15-. The van der Waals surface area contributed by atoms with E-state index < -0.39 is 21.8 Å². The van der Waals surface area contributed by atoms with Crippen LogP contribution in [0.25, 0.3) is 0 Å². The minimum atomic E-state index is -3.48. The number of anilines is 1. The van der Waals surface area contributed by atoms with Crippen LogP contribution in [0.5, 0.6) is 5.75 Å².